The summed E-state index contributed by atoms with van der Waals surface area (Å²) < 4.78 is 26.3. The quantitative estimate of drug-likeness (QED) is 0.392. The van der Waals surface area contributed by atoms with Crippen LogP contribution in [-0.4, -0.2) is 25.8 Å². The SMILES string of the molecule is CN(F)COCF. The highest BCUT2D eigenvalue weighted by Crippen LogP contribution is 1.81. The molecule has 0 aromatic heterocycles. The van der Waals surface area contributed by atoms with Gasteiger partial charge in [-0.25, -0.2) is 4.39 Å². The molecule has 0 fully saturated rings. The van der Waals surface area contributed by atoms with Crippen LogP contribution in [0.25, 0.3) is 0 Å². The highest BCUT2D eigenvalue weighted by molar-refractivity contribution is 4.10. The lowest BCUT2D eigenvalue weighted by molar-refractivity contribution is -0.0866. The summed E-state index contributed by atoms with van der Waals surface area (Å²) >= 11 is 0. The zero-order valence-corrected chi connectivity index (χ0v) is 4.03. The van der Waals surface area contributed by atoms with Gasteiger partial charge in [-0.15, -0.1) is 9.60 Å². The molecule has 44 valence electrons. The molecule has 0 N–H and O–H groups in total. The van der Waals surface area contributed by atoms with Gasteiger partial charge in [-0.05, 0) is 0 Å². The van der Waals surface area contributed by atoms with E-state index in [0.717, 1.165) is 7.05 Å². The summed E-state index contributed by atoms with van der Waals surface area (Å²) in [7, 11) is 1.15. The van der Waals surface area contributed by atoms with Crippen molar-refractivity contribution in [3.05, 3.63) is 0 Å². The fourth-order valence-electron chi connectivity index (χ4n) is 0.160. The molecule has 0 saturated heterocycles. The largest absolute Gasteiger partial charge is 0.333 e. The van der Waals surface area contributed by atoms with Gasteiger partial charge in [0.1, 0.15) is 6.73 Å². The second-order valence-corrected chi connectivity index (χ2v) is 1.05. The van der Waals surface area contributed by atoms with Crippen molar-refractivity contribution in [2.75, 3.05) is 20.6 Å². The molecule has 0 unspecified atom stereocenters. The van der Waals surface area contributed by atoms with Crippen molar-refractivity contribution in [3.63, 3.8) is 0 Å². The number of rotatable bonds is 3. The minimum absolute atomic E-state index is 0.250. The molecule has 0 radical (unpaired) electrons. The van der Waals surface area contributed by atoms with Gasteiger partial charge in [-0.2, -0.15) is 0 Å². The van der Waals surface area contributed by atoms with Crippen LogP contribution in [0.4, 0.5) is 8.87 Å². The highest BCUT2D eigenvalue weighted by Gasteiger charge is 1.88. The van der Waals surface area contributed by atoms with E-state index in [-0.39, 0.29) is 11.9 Å². The number of halogens is 2. The first-order chi connectivity index (χ1) is 3.27. The van der Waals surface area contributed by atoms with Crippen molar-refractivity contribution in [1.82, 2.24) is 5.12 Å². The van der Waals surface area contributed by atoms with Crippen LogP contribution in [0, 0.1) is 0 Å². The Bertz CT molecular complexity index is 41.9. The standard InChI is InChI=1S/C3H7F2NO/c1-6(5)3-7-2-4/h2-3H2,1H3. The van der Waals surface area contributed by atoms with Crippen LogP contribution in [0.15, 0.2) is 0 Å². The molecule has 0 aliphatic carbocycles. The topological polar surface area (TPSA) is 12.5 Å². The summed E-state index contributed by atoms with van der Waals surface area (Å²) in [6.07, 6.45) is 0. The van der Waals surface area contributed by atoms with E-state index in [2.05, 4.69) is 4.74 Å². The Kier molecular flexibility index (Phi) is 3.83. The lowest BCUT2D eigenvalue weighted by Gasteiger charge is -2.00. The van der Waals surface area contributed by atoms with Crippen molar-refractivity contribution in [2.24, 2.45) is 0 Å². The van der Waals surface area contributed by atoms with Crippen molar-refractivity contribution < 1.29 is 13.6 Å². The van der Waals surface area contributed by atoms with E-state index in [4.69, 9.17) is 0 Å². The van der Waals surface area contributed by atoms with Gasteiger partial charge in [-0.3, -0.25) is 0 Å². The van der Waals surface area contributed by atoms with E-state index in [9.17, 15) is 8.87 Å². The maximum Gasteiger partial charge on any atom is 0.190 e. The van der Waals surface area contributed by atoms with Gasteiger partial charge >= 0.3 is 0 Å². The van der Waals surface area contributed by atoms with Gasteiger partial charge in [0.15, 0.2) is 6.86 Å². The Morgan fingerprint density at radius 2 is 2.29 bits per heavy atom. The third-order valence-corrected chi connectivity index (χ3v) is 0.346. The molecule has 0 aliphatic heterocycles. The summed E-state index contributed by atoms with van der Waals surface area (Å²) in [4.78, 5) is 0. The number of nitrogens with zero attached hydrogens (tertiary/aromatic N) is 1. The molecule has 0 heterocycles. The molecule has 0 rings (SSSR count). The van der Waals surface area contributed by atoms with Gasteiger partial charge in [0.2, 0.25) is 0 Å². The monoisotopic (exact) mass is 111 g/mol. The highest BCUT2D eigenvalue weighted by atomic mass is 19.2. The van der Waals surface area contributed by atoms with Crippen molar-refractivity contribution in [2.45, 2.75) is 0 Å². The second-order valence-electron chi connectivity index (χ2n) is 1.05. The fourth-order valence-corrected chi connectivity index (χ4v) is 0.160. The van der Waals surface area contributed by atoms with E-state index < -0.39 is 6.86 Å². The zero-order chi connectivity index (χ0) is 5.70. The molecule has 0 aromatic carbocycles. The molecule has 4 heteroatoms. The number of hydrogen-bond acceptors (Lipinski definition) is 2. The smallest absolute Gasteiger partial charge is 0.190 e. The lowest BCUT2D eigenvalue weighted by atomic mass is 11.1. The molecule has 0 saturated carbocycles. The predicted molar refractivity (Wildman–Crippen MR) is 20.8 cm³/mol. The molecule has 2 nitrogen and oxygen atoms in total. The summed E-state index contributed by atoms with van der Waals surface area (Å²) in [5.74, 6) is 0. The van der Waals surface area contributed by atoms with Crippen LogP contribution in [-0.2, 0) is 4.74 Å². The van der Waals surface area contributed by atoms with Gasteiger partial charge in [0.05, 0.1) is 0 Å². The summed E-state index contributed by atoms with van der Waals surface area (Å²) in [6.45, 7) is -1.25. The van der Waals surface area contributed by atoms with E-state index in [1.165, 1.54) is 0 Å². The zero-order valence-electron chi connectivity index (χ0n) is 4.03. The normalized spacial score (nSPS) is 10.3. The molecule has 0 atom stereocenters. The molecule has 0 aromatic rings. The maximum atomic E-state index is 11.4. The molecule has 0 bridgehead atoms. The van der Waals surface area contributed by atoms with Crippen molar-refractivity contribution >= 4 is 0 Å². The lowest BCUT2D eigenvalue weighted by Crippen LogP contribution is -2.10. The van der Waals surface area contributed by atoms with E-state index >= 15 is 0 Å². The van der Waals surface area contributed by atoms with Gasteiger partial charge in [0, 0.05) is 7.05 Å². The van der Waals surface area contributed by atoms with Crippen molar-refractivity contribution in [3.8, 4) is 0 Å². The molecular formula is C3H7F2NO. The number of ether oxygens (including phenoxy) is 1. The molecule has 0 spiro atoms. The van der Waals surface area contributed by atoms with Crippen LogP contribution in [0.2, 0.25) is 0 Å². The van der Waals surface area contributed by atoms with Gasteiger partial charge < -0.3 is 4.74 Å². The third-order valence-electron chi connectivity index (χ3n) is 0.346. The number of alkyl halides is 1. The minimum atomic E-state index is -0.936. The first-order valence-corrected chi connectivity index (χ1v) is 1.78. The van der Waals surface area contributed by atoms with Crippen LogP contribution in [0.3, 0.4) is 0 Å². The fraction of sp³-hybridized carbons (Fsp3) is 1.00. The summed E-state index contributed by atoms with van der Waals surface area (Å²) in [5.41, 5.74) is 0. The average Bonchev–Trinajstić information content (AvgIpc) is 1.61. The molecule has 0 aliphatic rings. The minimum Gasteiger partial charge on any atom is -0.333 e. The molecular weight excluding hydrogens is 104 g/mol. The van der Waals surface area contributed by atoms with Crippen molar-refractivity contribution in [1.29, 1.82) is 0 Å². The summed E-state index contributed by atoms with van der Waals surface area (Å²) in [5, 5.41) is 0.250. The van der Waals surface area contributed by atoms with Gasteiger partial charge in [-0.1, -0.05) is 0 Å². The van der Waals surface area contributed by atoms with Crippen LogP contribution < -0.4 is 0 Å². The van der Waals surface area contributed by atoms with Crippen LogP contribution in [0.5, 0.6) is 0 Å². The Labute approximate surface area is 40.6 Å². The van der Waals surface area contributed by atoms with Crippen LogP contribution >= 0.6 is 0 Å². The number of hydrogen-bond donors (Lipinski definition) is 0. The van der Waals surface area contributed by atoms with Crippen LogP contribution in [0.1, 0.15) is 0 Å². The molecule has 7 heavy (non-hydrogen) atoms. The second kappa shape index (κ2) is 3.95. The first-order valence-electron chi connectivity index (χ1n) is 1.78. The van der Waals surface area contributed by atoms with E-state index in [1.54, 1.807) is 0 Å². The Morgan fingerprint density at radius 3 is 2.43 bits per heavy atom. The first kappa shape index (κ1) is 6.78. The predicted octanol–water partition coefficient (Wildman–Crippen LogP) is 0.704. The maximum absolute atomic E-state index is 11.4. The Morgan fingerprint density at radius 1 is 1.71 bits per heavy atom. The average molecular weight is 111 g/mol. The summed E-state index contributed by atoms with van der Waals surface area (Å²) in [6, 6.07) is 0. The van der Waals surface area contributed by atoms with E-state index in [1.807, 2.05) is 0 Å². The Hall–Kier alpha value is -0.220. The third kappa shape index (κ3) is 5.78. The molecule has 0 amide bonds. The Balaban J connectivity index is 2.68. The van der Waals surface area contributed by atoms with Gasteiger partial charge in [0.25, 0.3) is 0 Å². The van der Waals surface area contributed by atoms with E-state index in [0.29, 0.717) is 0 Å².